The molecule has 0 saturated heterocycles. The summed E-state index contributed by atoms with van der Waals surface area (Å²) in [6.45, 7) is 10.5. The minimum atomic E-state index is -0.150. The van der Waals surface area contributed by atoms with Gasteiger partial charge in [0.25, 0.3) is 0 Å². The molecule has 1 heteroatoms. The standard InChI is InChI=1S/C27H25N/c1-5-21-24-17-16-20(18-25(24)27(3,4)26(21)28-6-2)23-15-11-10-14-22(23)19-12-8-7-9-13-19/h5-18H,1H2,2-4H3/b28-6-. The lowest BCUT2D eigenvalue weighted by Gasteiger charge is -2.22. The van der Waals surface area contributed by atoms with Gasteiger partial charge in [0.05, 0.1) is 5.70 Å². The van der Waals surface area contributed by atoms with Crippen LogP contribution in [0, 0.1) is 0 Å². The van der Waals surface area contributed by atoms with Gasteiger partial charge in [-0.2, -0.15) is 0 Å². The lowest BCUT2D eigenvalue weighted by molar-refractivity contribution is 0.633. The normalized spacial score (nSPS) is 15.1. The second-order valence-corrected chi connectivity index (χ2v) is 7.65. The highest BCUT2D eigenvalue weighted by atomic mass is 14.8. The fourth-order valence-electron chi connectivity index (χ4n) is 4.23. The summed E-state index contributed by atoms with van der Waals surface area (Å²) < 4.78 is 0. The highest BCUT2D eigenvalue weighted by molar-refractivity contribution is 5.90. The Labute approximate surface area is 167 Å². The fourth-order valence-corrected chi connectivity index (χ4v) is 4.23. The number of hydrogen-bond donors (Lipinski definition) is 0. The van der Waals surface area contributed by atoms with Crippen molar-refractivity contribution in [3.63, 3.8) is 0 Å². The smallest absolute Gasteiger partial charge is 0.0577 e. The molecule has 0 heterocycles. The van der Waals surface area contributed by atoms with E-state index in [0.29, 0.717) is 0 Å². The first-order chi connectivity index (χ1) is 13.6. The van der Waals surface area contributed by atoms with Crippen LogP contribution in [0.25, 0.3) is 27.8 Å². The first kappa shape index (κ1) is 18.2. The van der Waals surface area contributed by atoms with Gasteiger partial charge in [-0.25, -0.2) is 0 Å². The lowest BCUT2D eigenvalue weighted by atomic mass is 9.82. The average molecular weight is 364 g/mol. The van der Waals surface area contributed by atoms with E-state index >= 15 is 0 Å². The van der Waals surface area contributed by atoms with Crippen molar-refractivity contribution >= 4 is 11.8 Å². The quantitative estimate of drug-likeness (QED) is 0.431. The van der Waals surface area contributed by atoms with Gasteiger partial charge in [-0.15, -0.1) is 0 Å². The van der Waals surface area contributed by atoms with Crippen molar-refractivity contribution in [3.05, 3.63) is 102 Å². The maximum absolute atomic E-state index is 4.69. The van der Waals surface area contributed by atoms with Crippen LogP contribution in [-0.2, 0) is 5.41 Å². The summed E-state index contributed by atoms with van der Waals surface area (Å²) in [5.41, 5.74) is 9.60. The van der Waals surface area contributed by atoms with E-state index in [9.17, 15) is 0 Å². The number of hydrogen-bond acceptors (Lipinski definition) is 1. The summed E-state index contributed by atoms with van der Waals surface area (Å²) in [6.07, 6.45) is 3.81. The second-order valence-electron chi connectivity index (χ2n) is 7.65. The van der Waals surface area contributed by atoms with E-state index in [4.69, 9.17) is 4.99 Å². The van der Waals surface area contributed by atoms with Crippen molar-refractivity contribution in [3.8, 4) is 22.3 Å². The van der Waals surface area contributed by atoms with Crippen LogP contribution in [0.15, 0.2) is 96.1 Å². The van der Waals surface area contributed by atoms with Gasteiger partial charge in [0.2, 0.25) is 0 Å². The molecule has 0 spiro atoms. The molecule has 0 unspecified atom stereocenters. The van der Waals surface area contributed by atoms with Crippen LogP contribution < -0.4 is 0 Å². The Hall–Kier alpha value is -3.19. The minimum Gasteiger partial charge on any atom is -0.264 e. The molecule has 0 radical (unpaired) electrons. The molecule has 3 aromatic rings. The number of benzene rings is 3. The Morgan fingerprint density at radius 1 is 0.786 bits per heavy atom. The molecule has 0 aromatic heterocycles. The maximum Gasteiger partial charge on any atom is 0.0577 e. The van der Waals surface area contributed by atoms with Gasteiger partial charge < -0.3 is 0 Å². The zero-order valence-corrected chi connectivity index (χ0v) is 16.7. The average Bonchev–Trinajstić information content (AvgIpc) is 2.95. The molecule has 4 rings (SSSR count). The minimum absolute atomic E-state index is 0.150. The Morgan fingerprint density at radius 3 is 2.07 bits per heavy atom. The molecule has 0 amide bonds. The van der Waals surface area contributed by atoms with Gasteiger partial charge in [0, 0.05) is 17.2 Å². The molecule has 1 aliphatic rings. The summed E-state index contributed by atoms with van der Waals surface area (Å²) in [4.78, 5) is 4.69. The van der Waals surface area contributed by atoms with Crippen LogP contribution in [0.2, 0.25) is 0 Å². The molecule has 0 bridgehead atoms. The molecule has 1 aliphatic carbocycles. The molecular formula is C27H25N. The number of aliphatic imine (C=N–C) groups is 1. The van der Waals surface area contributed by atoms with E-state index in [1.165, 1.54) is 33.4 Å². The SMILES string of the molecule is C=CC1=C(/N=C\C)C(C)(C)c2cc(-c3ccccc3-c3ccccc3)ccc21. The van der Waals surface area contributed by atoms with E-state index in [1.54, 1.807) is 0 Å². The molecule has 0 aliphatic heterocycles. The van der Waals surface area contributed by atoms with Crippen LogP contribution in [0.1, 0.15) is 31.9 Å². The molecule has 0 N–H and O–H groups in total. The van der Waals surface area contributed by atoms with Crippen LogP contribution in [0.4, 0.5) is 0 Å². The molecule has 3 aromatic carbocycles. The first-order valence-corrected chi connectivity index (χ1v) is 9.73. The second kappa shape index (κ2) is 7.09. The monoisotopic (exact) mass is 363 g/mol. The Balaban J connectivity index is 1.89. The van der Waals surface area contributed by atoms with Crippen molar-refractivity contribution in [2.45, 2.75) is 26.2 Å². The van der Waals surface area contributed by atoms with Gasteiger partial charge in [0.1, 0.15) is 0 Å². The van der Waals surface area contributed by atoms with Crippen molar-refractivity contribution in [1.29, 1.82) is 0 Å². The number of nitrogens with zero attached hydrogens (tertiary/aromatic N) is 1. The molecule has 0 saturated carbocycles. The van der Waals surface area contributed by atoms with Gasteiger partial charge in [-0.05, 0) is 46.4 Å². The fraction of sp³-hybridized carbons (Fsp3) is 0.148. The number of allylic oxidation sites excluding steroid dienone is 3. The molecule has 0 atom stereocenters. The van der Waals surface area contributed by atoms with E-state index in [0.717, 1.165) is 11.3 Å². The van der Waals surface area contributed by atoms with Gasteiger partial charge in [-0.3, -0.25) is 4.99 Å². The molecule has 138 valence electrons. The first-order valence-electron chi connectivity index (χ1n) is 9.73. The zero-order chi connectivity index (χ0) is 19.7. The Bertz CT molecular complexity index is 1100. The van der Waals surface area contributed by atoms with Crippen LogP contribution in [0.5, 0.6) is 0 Å². The molecule has 0 fully saturated rings. The number of rotatable bonds is 4. The summed E-state index contributed by atoms with van der Waals surface area (Å²) in [5, 5.41) is 0. The van der Waals surface area contributed by atoms with E-state index in [2.05, 4.69) is 93.2 Å². The van der Waals surface area contributed by atoms with Crippen molar-refractivity contribution in [2.75, 3.05) is 0 Å². The highest BCUT2D eigenvalue weighted by Crippen LogP contribution is 2.48. The molecule has 1 nitrogen and oxygen atoms in total. The molecule has 28 heavy (non-hydrogen) atoms. The van der Waals surface area contributed by atoms with Crippen molar-refractivity contribution in [1.82, 2.24) is 0 Å². The van der Waals surface area contributed by atoms with E-state index in [1.807, 2.05) is 19.2 Å². The summed E-state index contributed by atoms with van der Waals surface area (Å²) >= 11 is 0. The van der Waals surface area contributed by atoms with Crippen molar-refractivity contribution < 1.29 is 0 Å². The van der Waals surface area contributed by atoms with Gasteiger partial charge in [0.15, 0.2) is 0 Å². The third kappa shape index (κ3) is 2.84. The molecular weight excluding hydrogens is 338 g/mol. The highest BCUT2D eigenvalue weighted by Gasteiger charge is 2.37. The predicted octanol–water partition coefficient (Wildman–Crippen LogP) is 7.30. The summed E-state index contributed by atoms with van der Waals surface area (Å²) in [7, 11) is 0. The third-order valence-corrected chi connectivity index (χ3v) is 5.62. The largest absolute Gasteiger partial charge is 0.264 e. The summed E-state index contributed by atoms with van der Waals surface area (Å²) in [6, 6.07) is 26.0. The van der Waals surface area contributed by atoms with Crippen LogP contribution >= 0.6 is 0 Å². The topological polar surface area (TPSA) is 12.4 Å². The van der Waals surface area contributed by atoms with Gasteiger partial charge in [-0.1, -0.05) is 93.2 Å². The Morgan fingerprint density at radius 2 is 1.43 bits per heavy atom. The Kier molecular flexibility index (Phi) is 4.60. The van der Waals surface area contributed by atoms with E-state index < -0.39 is 0 Å². The maximum atomic E-state index is 4.69. The third-order valence-electron chi connectivity index (χ3n) is 5.62. The van der Waals surface area contributed by atoms with Crippen molar-refractivity contribution in [2.24, 2.45) is 4.99 Å². The van der Waals surface area contributed by atoms with Crippen LogP contribution in [0.3, 0.4) is 0 Å². The lowest BCUT2D eigenvalue weighted by Crippen LogP contribution is -2.16. The van der Waals surface area contributed by atoms with Crippen LogP contribution in [-0.4, -0.2) is 6.21 Å². The zero-order valence-electron chi connectivity index (χ0n) is 16.7. The van der Waals surface area contributed by atoms with Gasteiger partial charge >= 0.3 is 0 Å². The summed E-state index contributed by atoms with van der Waals surface area (Å²) in [5.74, 6) is 0. The van der Waals surface area contributed by atoms with E-state index in [-0.39, 0.29) is 5.41 Å². The number of fused-ring (bicyclic) bond motifs is 1. The predicted molar refractivity (Wildman–Crippen MR) is 122 cm³/mol.